The molecule has 1 amide bonds. The number of aliphatic hydroxyl groups is 1. The van der Waals surface area contributed by atoms with Crippen molar-refractivity contribution in [1.82, 2.24) is 4.90 Å². The van der Waals surface area contributed by atoms with Gasteiger partial charge in [-0.3, -0.25) is 9.59 Å². The van der Waals surface area contributed by atoms with E-state index >= 15 is 0 Å². The molecule has 0 atom stereocenters. The summed E-state index contributed by atoms with van der Waals surface area (Å²) >= 11 is 0. The Bertz CT molecular complexity index is 504. The lowest BCUT2D eigenvalue weighted by Gasteiger charge is -2.29. The first-order valence-corrected chi connectivity index (χ1v) is 7.82. The van der Waals surface area contributed by atoms with Crippen LogP contribution >= 0.6 is 0 Å². The molecule has 0 radical (unpaired) electrons. The normalized spacial score (nSPS) is 15.6. The van der Waals surface area contributed by atoms with Crippen LogP contribution in [-0.4, -0.2) is 47.5 Å². The Morgan fingerprint density at radius 3 is 2.41 bits per heavy atom. The Morgan fingerprint density at radius 1 is 1.18 bits per heavy atom. The number of carbonyl (C=O) groups excluding carboxylic acids is 2. The minimum atomic E-state index is -0.297. The molecule has 2 rings (SSSR count). The monoisotopic (exact) mass is 305 g/mol. The molecule has 1 heterocycles. The first-order valence-electron chi connectivity index (χ1n) is 7.82. The lowest BCUT2D eigenvalue weighted by atomic mass is 10.0. The minimum absolute atomic E-state index is 0.00816. The molecule has 1 saturated heterocycles. The Labute approximate surface area is 130 Å². The van der Waals surface area contributed by atoms with Gasteiger partial charge >= 0.3 is 0 Å². The van der Waals surface area contributed by atoms with E-state index in [1.54, 1.807) is 29.2 Å². The number of likely N-dealkylation sites (tertiary alicyclic amines) is 1. The smallest absolute Gasteiger partial charge is 0.223 e. The van der Waals surface area contributed by atoms with Crippen LogP contribution in [0.25, 0.3) is 0 Å². The highest BCUT2D eigenvalue weighted by Gasteiger charge is 2.21. The van der Waals surface area contributed by atoms with Gasteiger partial charge in [0.15, 0.2) is 5.78 Å². The van der Waals surface area contributed by atoms with E-state index in [0.717, 1.165) is 5.75 Å². The molecule has 0 aromatic heterocycles. The van der Waals surface area contributed by atoms with Crippen LogP contribution in [0.5, 0.6) is 5.75 Å². The molecule has 1 aromatic rings. The van der Waals surface area contributed by atoms with Crippen molar-refractivity contribution >= 4 is 11.7 Å². The lowest BCUT2D eigenvalue weighted by Crippen LogP contribution is -2.40. The van der Waals surface area contributed by atoms with Gasteiger partial charge in [0.1, 0.15) is 5.75 Å². The van der Waals surface area contributed by atoms with Crippen molar-refractivity contribution in [2.45, 2.75) is 38.7 Å². The number of amides is 1. The number of carbonyl (C=O) groups is 2. The Hall–Kier alpha value is -1.88. The average Bonchev–Trinajstić information content (AvgIpc) is 2.54. The van der Waals surface area contributed by atoms with E-state index in [1.807, 2.05) is 6.92 Å². The van der Waals surface area contributed by atoms with Gasteiger partial charge in [0.2, 0.25) is 5.91 Å². The number of ether oxygens (including phenoxy) is 1. The van der Waals surface area contributed by atoms with Gasteiger partial charge in [-0.1, -0.05) is 0 Å². The van der Waals surface area contributed by atoms with Gasteiger partial charge in [-0.2, -0.15) is 0 Å². The fraction of sp³-hybridized carbons (Fsp3) is 0.529. The fourth-order valence-corrected chi connectivity index (χ4v) is 2.54. The van der Waals surface area contributed by atoms with Crippen molar-refractivity contribution in [2.75, 3.05) is 19.7 Å². The summed E-state index contributed by atoms with van der Waals surface area (Å²) in [4.78, 5) is 25.9. The molecule has 1 aliphatic heterocycles. The molecule has 0 spiro atoms. The van der Waals surface area contributed by atoms with Crippen LogP contribution in [0.1, 0.15) is 43.0 Å². The van der Waals surface area contributed by atoms with E-state index in [9.17, 15) is 14.7 Å². The lowest BCUT2D eigenvalue weighted by molar-refractivity contribution is -0.133. The molecule has 1 N–H and O–H groups in total. The Kier molecular flexibility index (Phi) is 5.95. The quantitative estimate of drug-likeness (QED) is 0.817. The number of benzene rings is 1. The van der Waals surface area contributed by atoms with E-state index < -0.39 is 0 Å². The second-order valence-electron chi connectivity index (χ2n) is 5.49. The van der Waals surface area contributed by atoms with Crippen molar-refractivity contribution < 1.29 is 19.4 Å². The van der Waals surface area contributed by atoms with E-state index in [2.05, 4.69) is 0 Å². The molecule has 5 nitrogen and oxygen atoms in total. The molecule has 0 unspecified atom stereocenters. The number of rotatable bonds is 6. The fourth-order valence-electron chi connectivity index (χ4n) is 2.54. The molecule has 1 aromatic carbocycles. The number of ketones is 1. The van der Waals surface area contributed by atoms with Gasteiger partial charge in [0.05, 0.1) is 12.7 Å². The largest absolute Gasteiger partial charge is 0.494 e. The van der Waals surface area contributed by atoms with E-state index in [4.69, 9.17) is 4.74 Å². The molecule has 5 heteroatoms. The number of nitrogens with zero attached hydrogens (tertiary/aromatic N) is 1. The summed E-state index contributed by atoms with van der Waals surface area (Å²) in [6, 6.07) is 7.00. The van der Waals surface area contributed by atoms with Crippen LogP contribution in [0.4, 0.5) is 0 Å². The summed E-state index contributed by atoms with van der Waals surface area (Å²) < 4.78 is 5.33. The van der Waals surface area contributed by atoms with Crippen LogP contribution in [0.3, 0.4) is 0 Å². The maximum Gasteiger partial charge on any atom is 0.223 e. The Morgan fingerprint density at radius 2 is 1.82 bits per heavy atom. The molecular weight excluding hydrogens is 282 g/mol. The molecule has 0 saturated carbocycles. The maximum atomic E-state index is 12.1. The molecule has 120 valence electrons. The zero-order valence-corrected chi connectivity index (χ0v) is 13.0. The number of piperidine rings is 1. The number of hydrogen-bond donors (Lipinski definition) is 1. The Balaban J connectivity index is 1.80. The van der Waals surface area contributed by atoms with Crippen LogP contribution in [0.15, 0.2) is 24.3 Å². The SMILES string of the molecule is CCOc1ccc(C(=O)CCC(=O)N2CCC(O)CC2)cc1. The molecule has 22 heavy (non-hydrogen) atoms. The highest BCUT2D eigenvalue weighted by molar-refractivity contribution is 5.98. The predicted molar refractivity (Wildman–Crippen MR) is 83.0 cm³/mol. The topological polar surface area (TPSA) is 66.8 Å². The van der Waals surface area contributed by atoms with Crippen molar-refractivity contribution in [3.8, 4) is 5.75 Å². The zero-order valence-electron chi connectivity index (χ0n) is 13.0. The summed E-state index contributed by atoms with van der Waals surface area (Å²) in [5.74, 6) is 0.696. The highest BCUT2D eigenvalue weighted by atomic mass is 16.5. The summed E-state index contributed by atoms with van der Waals surface area (Å²) in [7, 11) is 0. The van der Waals surface area contributed by atoms with Gasteiger partial charge in [0, 0.05) is 31.5 Å². The third-order valence-corrected chi connectivity index (χ3v) is 3.87. The molecule has 0 bridgehead atoms. The summed E-state index contributed by atoms with van der Waals surface area (Å²) in [5, 5.41) is 9.43. The van der Waals surface area contributed by atoms with Gasteiger partial charge in [-0.15, -0.1) is 0 Å². The van der Waals surface area contributed by atoms with Gasteiger partial charge < -0.3 is 14.7 Å². The first kappa shape index (κ1) is 16.5. The van der Waals surface area contributed by atoms with Crippen molar-refractivity contribution in [1.29, 1.82) is 0 Å². The van der Waals surface area contributed by atoms with Crippen LogP contribution < -0.4 is 4.74 Å². The van der Waals surface area contributed by atoms with Crippen molar-refractivity contribution in [3.63, 3.8) is 0 Å². The van der Waals surface area contributed by atoms with Crippen LogP contribution in [0, 0.1) is 0 Å². The summed E-state index contributed by atoms with van der Waals surface area (Å²) in [6.07, 6.45) is 1.39. The second kappa shape index (κ2) is 7.94. The molecular formula is C17H23NO4. The van der Waals surface area contributed by atoms with Crippen molar-refractivity contribution in [3.05, 3.63) is 29.8 Å². The van der Waals surface area contributed by atoms with Gasteiger partial charge in [-0.05, 0) is 44.0 Å². The standard InChI is InChI=1S/C17H23NO4/c1-2-22-15-5-3-13(4-6-15)16(20)7-8-17(21)18-11-9-14(19)10-12-18/h3-6,14,19H,2,7-12H2,1H3. The van der Waals surface area contributed by atoms with Gasteiger partial charge in [-0.25, -0.2) is 0 Å². The number of hydrogen-bond acceptors (Lipinski definition) is 4. The minimum Gasteiger partial charge on any atom is -0.494 e. The highest BCUT2D eigenvalue weighted by Crippen LogP contribution is 2.15. The summed E-state index contributed by atoms with van der Waals surface area (Å²) in [5.41, 5.74) is 0.602. The molecule has 1 fully saturated rings. The van der Waals surface area contributed by atoms with Crippen LogP contribution in [0.2, 0.25) is 0 Å². The number of aliphatic hydroxyl groups excluding tert-OH is 1. The van der Waals surface area contributed by atoms with Crippen LogP contribution in [-0.2, 0) is 4.79 Å². The van der Waals surface area contributed by atoms with E-state index in [0.29, 0.717) is 38.1 Å². The van der Waals surface area contributed by atoms with Gasteiger partial charge in [0.25, 0.3) is 0 Å². The second-order valence-corrected chi connectivity index (χ2v) is 5.49. The summed E-state index contributed by atoms with van der Waals surface area (Å²) in [6.45, 7) is 3.66. The third-order valence-electron chi connectivity index (χ3n) is 3.87. The third kappa shape index (κ3) is 4.56. The average molecular weight is 305 g/mol. The van der Waals surface area contributed by atoms with E-state index in [1.165, 1.54) is 0 Å². The molecule has 0 aliphatic carbocycles. The number of Topliss-reactive ketones (excluding diaryl/α,β-unsaturated/α-hetero) is 1. The van der Waals surface area contributed by atoms with E-state index in [-0.39, 0.29) is 30.6 Å². The first-order chi connectivity index (χ1) is 10.6. The zero-order chi connectivity index (χ0) is 15.9. The molecule has 1 aliphatic rings. The predicted octanol–water partition coefficient (Wildman–Crippen LogP) is 2.03. The maximum absolute atomic E-state index is 12.1. The van der Waals surface area contributed by atoms with Crippen molar-refractivity contribution in [2.24, 2.45) is 0 Å².